The van der Waals surface area contributed by atoms with Crippen molar-refractivity contribution in [3.63, 3.8) is 0 Å². The SMILES string of the molecule is CC1(C)OB(n2ccc3c(OCc4ccccc4)cccc32)OC1(C)C. The van der Waals surface area contributed by atoms with Crippen molar-refractivity contribution in [2.24, 2.45) is 0 Å². The van der Waals surface area contributed by atoms with E-state index in [1.54, 1.807) is 0 Å². The van der Waals surface area contributed by atoms with Crippen LogP contribution in [-0.4, -0.2) is 22.9 Å². The molecule has 3 aromatic rings. The fourth-order valence-electron chi connectivity index (χ4n) is 3.13. The third-order valence-electron chi connectivity index (χ3n) is 5.43. The summed E-state index contributed by atoms with van der Waals surface area (Å²) in [4.78, 5) is 0. The lowest BCUT2D eigenvalue weighted by Gasteiger charge is -2.32. The zero-order valence-corrected chi connectivity index (χ0v) is 15.7. The first-order valence-electron chi connectivity index (χ1n) is 8.99. The van der Waals surface area contributed by atoms with Gasteiger partial charge in [-0.05, 0) is 57.7 Å². The summed E-state index contributed by atoms with van der Waals surface area (Å²) in [5.41, 5.74) is 1.45. The number of ether oxygens (including phenoxy) is 1. The predicted octanol–water partition coefficient (Wildman–Crippen LogP) is 4.66. The van der Waals surface area contributed by atoms with Crippen molar-refractivity contribution in [3.05, 3.63) is 66.4 Å². The molecular formula is C21H24BNO3. The molecule has 134 valence electrons. The van der Waals surface area contributed by atoms with Crippen molar-refractivity contribution >= 4 is 18.2 Å². The Morgan fingerprint density at radius 1 is 0.885 bits per heavy atom. The molecule has 0 amide bonds. The summed E-state index contributed by atoms with van der Waals surface area (Å²) in [5.74, 6) is 0.863. The van der Waals surface area contributed by atoms with Crippen LogP contribution in [0, 0.1) is 0 Å². The molecule has 5 heteroatoms. The van der Waals surface area contributed by atoms with Crippen LogP contribution in [0.5, 0.6) is 5.75 Å². The number of hydrogen-bond donors (Lipinski definition) is 0. The smallest absolute Gasteiger partial charge is 0.488 e. The van der Waals surface area contributed by atoms with Crippen LogP contribution in [0.4, 0.5) is 0 Å². The van der Waals surface area contributed by atoms with Gasteiger partial charge in [-0.15, -0.1) is 0 Å². The number of benzene rings is 2. The fraction of sp³-hybridized carbons (Fsp3) is 0.333. The molecule has 1 aromatic heterocycles. The molecule has 0 saturated carbocycles. The van der Waals surface area contributed by atoms with Gasteiger partial charge in [-0.3, -0.25) is 0 Å². The van der Waals surface area contributed by atoms with Crippen LogP contribution < -0.4 is 4.74 Å². The summed E-state index contributed by atoms with van der Waals surface area (Å²) in [7, 11) is -0.443. The normalized spacial score (nSPS) is 18.4. The second-order valence-electron chi connectivity index (χ2n) is 7.75. The lowest BCUT2D eigenvalue weighted by molar-refractivity contribution is 0.00578. The highest BCUT2D eigenvalue weighted by molar-refractivity contribution is 6.45. The molecule has 0 N–H and O–H groups in total. The van der Waals surface area contributed by atoms with E-state index in [-0.39, 0.29) is 11.2 Å². The van der Waals surface area contributed by atoms with Gasteiger partial charge < -0.3 is 18.5 Å². The van der Waals surface area contributed by atoms with E-state index in [9.17, 15) is 0 Å². The van der Waals surface area contributed by atoms with Crippen molar-refractivity contribution in [1.29, 1.82) is 0 Å². The molecule has 4 nitrogen and oxygen atoms in total. The molecule has 0 radical (unpaired) electrons. The number of aromatic nitrogens is 1. The van der Waals surface area contributed by atoms with Crippen LogP contribution in [0.25, 0.3) is 10.9 Å². The molecule has 1 aliphatic heterocycles. The summed E-state index contributed by atoms with van der Waals surface area (Å²) < 4.78 is 20.5. The topological polar surface area (TPSA) is 32.6 Å². The molecule has 0 unspecified atom stereocenters. The molecule has 0 spiro atoms. The number of hydrogen-bond acceptors (Lipinski definition) is 3. The maximum atomic E-state index is 6.19. The molecule has 2 aromatic carbocycles. The fourth-order valence-corrected chi connectivity index (χ4v) is 3.13. The molecule has 1 saturated heterocycles. The Balaban J connectivity index is 1.62. The maximum absolute atomic E-state index is 6.19. The average molecular weight is 349 g/mol. The Kier molecular flexibility index (Phi) is 4.09. The van der Waals surface area contributed by atoms with Gasteiger partial charge >= 0.3 is 7.25 Å². The van der Waals surface area contributed by atoms with Crippen molar-refractivity contribution < 1.29 is 14.0 Å². The third kappa shape index (κ3) is 2.91. The second kappa shape index (κ2) is 6.18. The number of fused-ring (bicyclic) bond motifs is 1. The van der Waals surface area contributed by atoms with Gasteiger partial charge in [-0.1, -0.05) is 36.4 Å². The zero-order valence-electron chi connectivity index (χ0n) is 15.7. The summed E-state index contributed by atoms with van der Waals surface area (Å²) in [5, 5.41) is 1.05. The van der Waals surface area contributed by atoms with Crippen LogP contribution in [0.2, 0.25) is 0 Å². The van der Waals surface area contributed by atoms with Crippen molar-refractivity contribution in [3.8, 4) is 5.75 Å². The Morgan fingerprint density at radius 3 is 2.27 bits per heavy atom. The minimum atomic E-state index is -0.443. The summed E-state index contributed by atoms with van der Waals surface area (Å²) in [6.07, 6.45) is 2.00. The monoisotopic (exact) mass is 349 g/mol. The first-order chi connectivity index (χ1) is 12.4. The van der Waals surface area contributed by atoms with Crippen LogP contribution >= 0.6 is 0 Å². The van der Waals surface area contributed by atoms with Gasteiger partial charge in [0.25, 0.3) is 0 Å². The Morgan fingerprint density at radius 2 is 1.58 bits per heavy atom. The second-order valence-corrected chi connectivity index (χ2v) is 7.75. The summed E-state index contributed by atoms with van der Waals surface area (Å²) >= 11 is 0. The third-order valence-corrected chi connectivity index (χ3v) is 5.43. The minimum Gasteiger partial charge on any atom is -0.488 e. The number of rotatable bonds is 4. The van der Waals surface area contributed by atoms with Gasteiger partial charge in [0.05, 0.1) is 11.2 Å². The zero-order chi connectivity index (χ0) is 18.4. The van der Waals surface area contributed by atoms with Crippen LogP contribution in [0.3, 0.4) is 0 Å². The van der Waals surface area contributed by atoms with Crippen LogP contribution in [-0.2, 0) is 15.9 Å². The molecular weight excluding hydrogens is 325 g/mol. The molecule has 26 heavy (non-hydrogen) atoms. The molecule has 0 atom stereocenters. The van der Waals surface area contributed by atoms with E-state index < -0.39 is 7.25 Å². The maximum Gasteiger partial charge on any atom is 0.598 e. The van der Waals surface area contributed by atoms with E-state index in [4.69, 9.17) is 14.0 Å². The summed E-state index contributed by atoms with van der Waals surface area (Å²) in [6.45, 7) is 8.79. The molecule has 0 aliphatic carbocycles. The lowest BCUT2D eigenvalue weighted by atomic mass is 9.90. The van der Waals surface area contributed by atoms with Crippen molar-refractivity contribution in [2.75, 3.05) is 0 Å². The first kappa shape index (κ1) is 17.2. The highest BCUT2D eigenvalue weighted by Crippen LogP contribution is 2.38. The highest BCUT2D eigenvalue weighted by Gasteiger charge is 2.52. The van der Waals surface area contributed by atoms with Gasteiger partial charge in [-0.25, -0.2) is 0 Å². The quantitative estimate of drug-likeness (QED) is 0.643. The lowest BCUT2D eigenvalue weighted by Crippen LogP contribution is -2.41. The summed E-state index contributed by atoms with van der Waals surface area (Å²) in [6, 6.07) is 18.3. The van der Waals surface area contributed by atoms with Gasteiger partial charge in [-0.2, -0.15) is 0 Å². The minimum absolute atomic E-state index is 0.365. The predicted molar refractivity (Wildman–Crippen MR) is 104 cm³/mol. The molecule has 2 heterocycles. The van der Waals surface area contributed by atoms with Crippen molar-refractivity contribution in [1.82, 2.24) is 4.48 Å². The van der Waals surface area contributed by atoms with Crippen molar-refractivity contribution in [2.45, 2.75) is 45.5 Å². The van der Waals surface area contributed by atoms with Crippen LogP contribution in [0.15, 0.2) is 60.8 Å². The van der Waals surface area contributed by atoms with E-state index in [0.29, 0.717) is 6.61 Å². The largest absolute Gasteiger partial charge is 0.598 e. The van der Waals surface area contributed by atoms with Gasteiger partial charge in [0, 0.05) is 10.9 Å². The molecule has 1 fully saturated rings. The molecule has 1 aliphatic rings. The Bertz CT molecular complexity index is 901. The molecule has 4 rings (SSSR count). The Labute approximate surface area is 154 Å². The Hall–Kier alpha value is -2.24. The van der Waals surface area contributed by atoms with E-state index in [1.165, 1.54) is 0 Å². The number of nitrogens with zero attached hydrogens (tertiary/aromatic N) is 1. The van der Waals surface area contributed by atoms with Crippen LogP contribution in [0.1, 0.15) is 33.3 Å². The van der Waals surface area contributed by atoms with E-state index >= 15 is 0 Å². The van der Waals surface area contributed by atoms with Gasteiger partial charge in [0.15, 0.2) is 0 Å². The van der Waals surface area contributed by atoms with E-state index in [0.717, 1.165) is 22.2 Å². The van der Waals surface area contributed by atoms with Gasteiger partial charge in [0.2, 0.25) is 0 Å². The first-order valence-corrected chi connectivity index (χ1v) is 8.99. The molecule has 0 bridgehead atoms. The standard InChI is InChI=1S/C21H24BNO3/c1-20(2)21(3,4)26-22(25-20)23-14-13-17-18(23)11-8-12-19(17)24-15-16-9-6-5-7-10-16/h5-14H,15H2,1-4H3. The highest BCUT2D eigenvalue weighted by atomic mass is 16.7. The van der Waals surface area contributed by atoms with E-state index in [2.05, 4.69) is 52.0 Å². The van der Waals surface area contributed by atoms with E-state index in [1.807, 2.05) is 41.0 Å². The van der Waals surface area contributed by atoms with Gasteiger partial charge in [0.1, 0.15) is 12.4 Å². The average Bonchev–Trinajstić information content (AvgIpc) is 3.12.